The van der Waals surface area contributed by atoms with Gasteiger partial charge in [-0.05, 0) is 60.9 Å². The van der Waals surface area contributed by atoms with Crippen LogP contribution in [0.1, 0.15) is 45.7 Å². The molecule has 1 unspecified atom stereocenters. The molecule has 4 aromatic rings. The highest BCUT2D eigenvalue weighted by Crippen LogP contribution is 2.46. The van der Waals surface area contributed by atoms with Gasteiger partial charge in [-0.1, -0.05) is 53.5 Å². The number of aromatic nitrogens is 2. The van der Waals surface area contributed by atoms with Crippen LogP contribution >= 0.6 is 23.2 Å². The number of nitrogens with zero attached hydrogens (tertiary/aromatic N) is 2. The minimum Gasteiger partial charge on any atom is -0.507 e. The summed E-state index contributed by atoms with van der Waals surface area (Å²) in [5.74, 6) is 0.590. The number of hydrogen-bond donors (Lipinski definition) is 2. The van der Waals surface area contributed by atoms with Gasteiger partial charge < -0.3 is 14.7 Å². The molecule has 0 aliphatic carbocycles. The molecule has 0 radical (unpaired) electrons. The average Bonchev–Trinajstić information content (AvgIpc) is 3.38. The van der Waals surface area contributed by atoms with Crippen LogP contribution in [0, 0.1) is 6.92 Å². The van der Waals surface area contributed by atoms with E-state index in [1.165, 1.54) is 0 Å². The van der Waals surface area contributed by atoms with E-state index < -0.39 is 6.04 Å². The molecule has 1 aromatic heterocycles. The number of benzene rings is 3. The van der Waals surface area contributed by atoms with E-state index in [9.17, 15) is 9.90 Å². The molecule has 8 heteroatoms. The van der Waals surface area contributed by atoms with Crippen LogP contribution in [-0.2, 0) is 6.54 Å². The lowest BCUT2D eigenvalue weighted by Crippen LogP contribution is -2.29. The van der Waals surface area contributed by atoms with Gasteiger partial charge in [0.25, 0.3) is 5.91 Å². The van der Waals surface area contributed by atoms with Crippen molar-refractivity contribution in [2.75, 3.05) is 6.61 Å². The number of H-pyrrole nitrogens is 1. The summed E-state index contributed by atoms with van der Waals surface area (Å²) in [6.45, 7) is 4.61. The molecular formula is C27H23Cl2N3O3. The Morgan fingerprint density at radius 1 is 1.09 bits per heavy atom. The minimum atomic E-state index is -0.460. The van der Waals surface area contributed by atoms with Crippen LogP contribution in [0.5, 0.6) is 11.5 Å². The van der Waals surface area contributed by atoms with Crippen LogP contribution in [0.25, 0.3) is 11.3 Å². The van der Waals surface area contributed by atoms with Gasteiger partial charge in [-0.15, -0.1) is 0 Å². The summed E-state index contributed by atoms with van der Waals surface area (Å²) in [5, 5.41) is 19.2. The molecule has 1 atom stereocenters. The molecule has 1 aliphatic rings. The molecule has 0 spiro atoms. The number of carbonyl (C=O) groups excluding carboxylic acids is 1. The number of aromatic amines is 1. The number of carbonyl (C=O) groups is 1. The molecule has 0 bridgehead atoms. The van der Waals surface area contributed by atoms with E-state index in [0.29, 0.717) is 45.7 Å². The van der Waals surface area contributed by atoms with Gasteiger partial charge in [0, 0.05) is 27.7 Å². The largest absolute Gasteiger partial charge is 0.507 e. The number of ether oxygens (including phenoxy) is 1. The maximum absolute atomic E-state index is 13.6. The van der Waals surface area contributed by atoms with Crippen molar-refractivity contribution in [3.63, 3.8) is 0 Å². The summed E-state index contributed by atoms with van der Waals surface area (Å²) in [4.78, 5) is 15.4. The Labute approximate surface area is 213 Å². The van der Waals surface area contributed by atoms with E-state index in [2.05, 4.69) is 10.2 Å². The van der Waals surface area contributed by atoms with Gasteiger partial charge in [0.1, 0.15) is 22.9 Å². The zero-order valence-corrected chi connectivity index (χ0v) is 20.7. The quantitative estimate of drug-likeness (QED) is 0.310. The number of phenols is 1. The Bertz CT molecular complexity index is 1420. The van der Waals surface area contributed by atoms with Gasteiger partial charge >= 0.3 is 0 Å². The predicted molar refractivity (Wildman–Crippen MR) is 136 cm³/mol. The van der Waals surface area contributed by atoms with E-state index in [-0.39, 0.29) is 11.7 Å². The van der Waals surface area contributed by atoms with Gasteiger partial charge in [-0.2, -0.15) is 5.10 Å². The van der Waals surface area contributed by atoms with Crippen molar-refractivity contribution in [2.45, 2.75) is 26.4 Å². The molecule has 2 heterocycles. The first-order valence-electron chi connectivity index (χ1n) is 11.2. The van der Waals surface area contributed by atoms with E-state index in [4.69, 9.17) is 27.9 Å². The zero-order chi connectivity index (χ0) is 24.7. The van der Waals surface area contributed by atoms with Crippen LogP contribution in [0.4, 0.5) is 0 Å². The summed E-state index contributed by atoms with van der Waals surface area (Å²) in [5.41, 5.74) is 4.46. The van der Waals surface area contributed by atoms with Crippen molar-refractivity contribution >= 4 is 29.1 Å². The highest BCUT2D eigenvalue weighted by atomic mass is 35.5. The monoisotopic (exact) mass is 507 g/mol. The van der Waals surface area contributed by atoms with Gasteiger partial charge in [0.15, 0.2) is 0 Å². The lowest BCUT2D eigenvalue weighted by atomic mass is 9.95. The normalized spacial score (nSPS) is 14.9. The van der Waals surface area contributed by atoms with Crippen LogP contribution in [0.3, 0.4) is 0 Å². The first-order valence-corrected chi connectivity index (χ1v) is 12.0. The van der Waals surface area contributed by atoms with Gasteiger partial charge in [-0.3, -0.25) is 9.89 Å². The molecule has 0 saturated carbocycles. The summed E-state index contributed by atoms with van der Waals surface area (Å²) in [7, 11) is 0. The van der Waals surface area contributed by atoms with Crippen molar-refractivity contribution < 1.29 is 14.6 Å². The molecule has 1 aliphatic heterocycles. The van der Waals surface area contributed by atoms with Crippen LogP contribution in [0.2, 0.25) is 10.0 Å². The summed E-state index contributed by atoms with van der Waals surface area (Å²) < 4.78 is 5.61. The van der Waals surface area contributed by atoms with Gasteiger partial charge in [0.05, 0.1) is 12.6 Å². The fourth-order valence-electron chi connectivity index (χ4n) is 4.49. The third-order valence-corrected chi connectivity index (χ3v) is 6.98. The van der Waals surface area contributed by atoms with Crippen molar-refractivity contribution in [3.8, 4) is 22.8 Å². The molecule has 0 saturated heterocycles. The molecule has 5 rings (SSSR count). The molecule has 178 valence electrons. The van der Waals surface area contributed by atoms with E-state index >= 15 is 0 Å². The fraction of sp³-hybridized carbons (Fsp3) is 0.185. The van der Waals surface area contributed by atoms with Crippen LogP contribution < -0.4 is 4.74 Å². The number of fused-ring (bicyclic) bond motifs is 1. The van der Waals surface area contributed by atoms with Gasteiger partial charge in [0.2, 0.25) is 0 Å². The molecule has 3 aromatic carbocycles. The van der Waals surface area contributed by atoms with E-state index in [1.54, 1.807) is 17.0 Å². The average molecular weight is 508 g/mol. The first kappa shape index (κ1) is 23.3. The molecular weight excluding hydrogens is 485 g/mol. The maximum Gasteiger partial charge on any atom is 0.273 e. The summed E-state index contributed by atoms with van der Waals surface area (Å²) in [6.07, 6.45) is 0. The Morgan fingerprint density at radius 2 is 1.83 bits per heavy atom. The Hall–Kier alpha value is -3.48. The smallest absolute Gasteiger partial charge is 0.273 e. The van der Waals surface area contributed by atoms with Crippen LogP contribution in [0.15, 0.2) is 60.7 Å². The summed E-state index contributed by atoms with van der Waals surface area (Å²) in [6, 6.07) is 17.9. The Morgan fingerprint density at radius 3 is 2.54 bits per heavy atom. The molecule has 0 fully saturated rings. The van der Waals surface area contributed by atoms with Crippen molar-refractivity contribution in [1.82, 2.24) is 15.1 Å². The molecule has 6 nitrogen and oxygen atoms in total. The second-order valence-electron chi connectivity index (χ2n) is 8.41. The van der Waals surface area contributed by atoms with Crippen molar-refractivity contribution in [1.29, 1.82) is 0 Å². The van der Waals surface area contributed by atoms with E-state index in [0.717, 1.165) is 22.4 Å². The number of phenolic OH excluding ortho intramolecular Hbond substituents is 1. The second-order valence-corrected chi connectivity index (χ2v) is 9.22. The first-order chi connectivity index (χ1) is 16.9. The topological polar surface area (TPSA) is 78.5 Å². The van der Waals surface area contributed by atoms with Crippen LogP contribution in [-0.4, -0.2) is 32.7 Å². The highest BCUT2D eigenvalue weighted by Gasteiger charge is 2.42. The Balaban J connectivity index is 1.66. The standard InChI is InChI=1S/C27H23Cl2N3O3/c1-3-35-18-10-8-16(9-11-18)26-23-24(19-13-21(29)15(2)12-22(19)33)30-31-25(23)27(34)32(26)14-17-6-4-5-7-20(17)28/h4-13,26,33H,3,14H2,1-2H3,(H,30,31). The SMILES string of the molecule is CCOc1ccc(C2c3c(-c4cc(Cl)c(C)cc4O)n[nH]c3C(=O)N2Cc2ccccc2Cl)cc1. The third kappa shape index (κ3) is 4.13. The lowest BCUT2D eigenvalue weighted by Gasteiger charge is -2.27. The number of aromatic hydroxyl groups is 1. The zero-order valence-electron chi connectivity index (χ0n) is 19.2. The number of rotatable bonds is 6. The predicted octanol–water partition coefficient (Wildman–Crippen LogP) is 6.54. The van der Waals surface area contributed by atoms with E-state index in [1.807, 2.05) is 62.4 Å². The molecule has 2 N–H and O–H groups in total. The number of amides is 1. The highest BCUT2D eigenvalue weighted by molar-refractivity contribution is 6.32. The number of nitrogens with one attached hydrogen (secondary N) is 1. The van der Waals surface area contributed by atoms with Crippen molar-refractivity contribution in [3.05, 3.63) is 98.7 Å². The number of aryl methyl sites for hydroxylation is 1. The van der Waals surface area contributed by atoms with Crippen molar-refractivity contribution in [2.24, 2.45) is 0 Å². The summed E-state index contributed by atoms with van der Waals surface area (Å²) >= 11 is 12.8. The number of hydrogen-bond acceptors (Lipinski definition) is 4. The van der Waals surface area contributed by atoms with Gasteiger partial charge in [-0.25, -0.2) is 0 Å². The fourth-order valence-corrected chi connectivity index (χ4v) is 4.85. The molecule has 35 heavy (non-hydrogen) atoms. The minimum absolute atomic E-state index is 0.0450. The maximum atomic E-state index is 13.6. The lowest BCUT2D eigenvalue weighted by molar-refractivity contribution is 0.0730. The Kier molecular flexibility index (Phi) is 6.17. The third-order valence-electron chi connectivity index (χ3n) is 6.20. The second kappa shape index (κ2) is 9.29. The number of halogens is 2. The molecule has 1 amide bonds.